The Labute approximate surface area is 128 Å². The molecule has 0 atom stereocenters. The van der Waals surface area contributed by atoms with Crippen molar-refractivity contribution in [3.8, 4) is 0 Å². The monoisotopic (exact) mass is 375 g/mol. The van der Waals surface area contributed by atoms with E-state index in [2.05, 4.69) is 31.4 Å². The first-order valence-corrected chi connectivity index (χ1v) is 9.06. The van der Waals surface area contributed by atoms with Crippen LogP contribution in [-0.4, -0.2) is 37.7 Å². The summed E-state index contributed by atoms with van der Waals surface area (Å²) < 4.78 is 23.4. The molecule has 1 N–H and O–H groups in total. The first kappa shape index (κ1) is 15.2. The Morgan fingerprint density at radius 1 is 1.45 bits per heavy atom. The number of nitrogens with zero attached hydrogens (tertiary/aromatic N) is 2. The minimum absolute atomic E-state index is 0.0933. The van der Waals surface area contributed by atoms with E-state index < -0.39 is 9.84 Å². The molecule has 9 heteroatoms. The summed E-state index contributed by atoms with van der Waals surface area (Å²) in [5, 5.41) is 10.7. The van der Waals surface area contributed by atoms with Gasteiger partial charge in [-0.1, -0.05) is 17.8 Å². The zero-order valence-electron chi connectivity index (χ0n) is 10.3. The van der Waals surface area contributed by atoms with Gasteiger partial charge in [0, 0.05) is 10.7 Å². The topological polar surface area (TPSA) is 88.0 Å². The number of amides is 1. The minimum Gasteiger partial charge on any atom is -0.303 e. The van der Waals surface area contributed by atoms with Gasteiger partial charge in [-0.2, -0.15) is 5.10 Å². The molecule has 1 fully saturated rings. The Bertz CT molecular complexity index is 714. The van der Waals surface area contributed by atoms with Crippen molar-refractivity contribution in [1.29, 1.82) is 0 Å². The molecular formula is C11H10BrN3O3S2. The minimum atomic E-state index is -3.26. The lowest BCUT2D eigenvalue weighted by molar-refractivity contribution is -0.116. The van der Waals surface area contributed by atoms with Gasteiger partial charge in [-0.25, -0.2) is 8.42 Å². The number of rotatable bonds is 3. The number of carbonyl (C=O) groups excluding carboxylic acids is 1. The van der Waals surface area contributed by atoms with Gasteiger partial charge in [0.05, 0.1) is 16.9 Å². The van der Waals surface area contributed by atoms with Gasteiger partial charge in [0.2, 0.25) is 5.91 Å². The zero-order chi connectivity index (χ0) is 14.8. The molecule has 1 saturated heterocycles. The third kappa shape index (κ3) is 3.90. The summed E-state index contributed by atoms with van der Waals surface area (Å²) in [5.41, 5.74) is 0.697. The fourth-order valence-electron chi connectivity index (χ4n) is 1.43. The van der Waals surface area contributed by atoms with E-state index in [1.54, 1.807) is 12.1 Å². The highest BCUT2D eigenvalue weighted by atomic mass is 79.9. The molecule has 1 aromatic rings. The number of hydrogen-bond acceptors (Lipinski definition) is 6. The van der Waals surface area contributed by atoms with Crippen molar-refractivity contribution in [2.45, 2.75) is 4.90 Å². The molecule has 20 heavy (non-hydrogen) atoms. The molecular weight excluding hydrogens is 366 g/mol. The normalized spacial score (nSPS) is 17.9. The Kier molecular flexibility index (Phi) is 4.61. The summed E-state index contributed by atoms with van der Waals surface area (Å²) in [5.74, 6) is 0.257. The van der Waals surface area contributed by atoms with E-state index in [-0.39, 0.29) is 10.8 Å². The van der Waals surface area contributed by atoms with Gasteiger partial charge in [0.15, 0.2) is 15.0 Å². The molecule has 106 valence electrons. The van der Waals surface area contributed by atoms with Crippen LogP contribution in [0.2, 0.25) is 0 Å². The van der Waals surface area contributed by atoms with Crippen LogP contribution in [0.1, 0.15) is 5.56 Å². The van der Waals surface area contributed by atoms with E-state index in [1.807, 2.05) is 0 Å². The molecule has 6 nitrogen and oxygen atoms in total. The smallest absolute Gasteiger partial charge is 0.236 e. The molecule has 0 aromatic heterocycles. The van der Waals surface area contributed by atoms with Gasteiger partial charge in [0.25, 0.3) is 0 Å². The first-order chi connectivity index (χ1) is 9.36. The van der Waals surface area contributed by atoms with Crippen LogP contribution >= 0.6 is 27.7 Å². The second-order valence-electron chi connectivity index (χ2n) is 3.95. The number of benzene rings is 1. The lowest BCUT2D eigenvalue weighted by Gasteiger charge is -2.02. The maximum atomic E-state index is 11.5. The number of thioether (sulfide) groups is 1. The average Bonchev–Trinajstić information content (AvgIpc) is 2.73. The van der Waals surface area contributed by atoms with Crippen molar-refractivity contribution < 1.29 is 13.2 Å². The fraction of sp³-hybridized carbons (Fsp3) is 0.182. The lowest BCUT2D eigenvalue weighted by atomic mass is 10.2. The lowest BCUT2D eigenvalue weighted by Crippen LogP contribution is -2.19. The third-order valence-corrected chi connectivity index (χ3v) is 5.23. The molecule has 1 aliphatic heterocycles. The van der Waals surface area contributed by atoms with Crippen LogP contribution in [0.5, 0.6) is 0 Å². The summed E-state index contributed by atoms with van der Waals surface area (Å²) in [6, 6.07) is 4.77. The van der Waals surface area contributed by atoms with Gasteiger partial charge in [0.1, 0.15) is 0 Å². The van der Waals surface area contributed by atoms with Crippen LogP contribution in [0.25, 0.3) is 0 Å². The predicted octanol–water partition coefficient (Wildman–Crippen LogP) is 1.41. The van der Waals surface area contributed by atoms with Crippen molar-refractivity contribution in [1.82, 2.24) is 5.32 Å². The third-order valence-electron chi connectivity index (χ3n) is 2.30. The molecule has 0 bridgehead atoms. The largest absolute Gasteiger partial charge is 0.303 e. The molecule has 0 unspecified atom stereocenters. The van der Waals surface area contributed by atoms with E-state index in [0.29, 0.717) is 21.0 Å². The maximum absolute atomic E-state index is 11.5. The molecule has 1 aromatic carbocycles. The zero-order valence-corrected chi connectivity index (χ0v) is 13.5. The SMILES string of the molecule is CS(=O)(=O)c1ccc(C=NN=C2NC(=O)CS2)cc1Br. The second kappa shape index (κ2) is 6.06. The number of amidine groups is 1. The number of halogens is 1. The van der Waals surface area contributed by atoms with Crippen molar-refractivity contribution in [2.24, 2.45) is 10.2 Å². The first-order valence-electron chi connectivity index (χ1n) is 5.39. The standard InChI is InChI=1S/C11H10BrN3O3S2/c1-20(17,18)9-3-2-7(4-8(9)12)5-13-15-11-14-10(16)6-19-11/h2-5H,6H2,1H3,(H,14,15,16). The number of nitrogens with one attached hydrogen (secondary N) is 1. The van der Waals surface area contributed by atoms with Crippen molar-refractivity contribution in [2.75, 3.05) is 12.0 Å². The van der Waals surface area contributed by atoms with Crippen LogP contribution in [-0.2, 0) is 14.6 Å². The van der Waals surface area contributed by atoms with Gasteiger partial charge in [-0.3, -0.25) is 4.79 Å². The molecule has 2 rings (SSSR count). The molecule has 1 amide bonds. The van der Waals surface area contributed by atoms with E-state index in [9.17, 15) is 13.2 Å². The van der Waals surface area contributed by atoms with Crippen molar-refractivity contribution in [3.05, 3.63) is 28.2 Å². The van der Waals surface area contributed by atoms with Crippen LogP contribution in [0, 0.1) is 0 Å². The van der Waals surface area contributed by atoms with Crippen molar-refractivity contribution >= 4 is 54.8 Å². The number of carbonyl (C=O) groups is 1. The van der Waals surface area contributed by atoms with Gasteiger partial charge >= 0.3 is 0 Å². The Balaban J connectivity index is 2.15. The Morgan fingerprint density at radius 3 is 2.75 bits per heavy atom. The number of sulfone groups is 1. The molecule has 1 aliphatic rings. The van der Waals surface area contributed by atoms with Crippen molar-refractivity contribution in [3.63, 3.8) is 0 Å². The quantitative estimate of drug-likeness (QED) is 0.638. The number of hydrogen-bond donors (Lipinski definition) is 1. The summed E-state index contributed by atoms with van der Waals surface area (Å²) >= 11 is 4.49. The highest BCUT2D eigenvalue weighted by Gasteiger charge is 2.16. The predicted molar refractivity (Wildman–Crippen MR) is 82.9 cm³/mol. The van der Waals surface area contributed by atoms with Gasteiger partial charge in [-0.05, 0) is 33.6 Å². The maximum Gasteiger partial charge on any atom is 0.236 e. The summed E-state index contributed by atoms with van der Waals surface area (Å²) in [6.07, 6.45) is 2.63. The molecule has 0 radical (unpaired) electrons. The van der Waals surface area contributed by atoms with Crippen LogP contribution in [0.4, 0.5) is 0 Å². The average molecular weight is 376 g/mol. The van der Waals surface area contributed by atoms with Gasteiger partial charge < -0.3 is 5.32 Å². The van der Waals surface area contributed by atoms with Crippen LogP contribution < -0.4 is 5.32 Å². The highest BCUT2D eigenvalue weighted by molar-refractivity contribution is 9.10. The van der Waals surface area contributed by atoms with E-state index >= 15 is 0 Å². The second-order valence-corrected chi connectivity index (χ2v) is 7.75. The van der Waals surface area contributed by atoms with E-state index in [1.165, 1.54) is 24.0 Å². The Morgan fingerprint density at radius 2 is 2.20 bits per heavy atom. The molecule has 0 saturated carbocycles. The van der Waals surface area contributed by atoms with Crippen LogP contribution in [0.3, 0.4) is 0 Å². The molecule has 0 spiro atoms. The van der Waals surface area contributed by atoms with E-state index in [4.69, 9.17) is 0 Å². The highest BCUT2D eigenvalue weighted by Crippen LogP contribution is 2.22. The summed E-state index contributed by atoms with van der Waals surface area (Å²) in [7, 11) is -3.26. The van der Waals surface area contributed by atoms with E-state index in [0.717, 1.165) is 6.26 Å². The molecule has 0 aliphatic carbocycles. The van der Waals surface area contributed by atoms with Gasteiger partial charge in [-0.15, -0.1) is 5.10 Å². The molecule has 1 heterocycles. The van der Waals surface area contributed by atoms with Crippen LogP contribution in [0.15, 0.2) is 37.8 Å². The fourth-order valence-corrected chi connectivity index (χ4v) is 4.06. The summed E-state index contributed by atoms with van der Waals surface area (Å²) in [6.45, 7) is 0. The summed E-state index contributed by atoms with van der Waals surface area (Å²) in [4.78, 5) is 11.2. The Hall–Kier alpha value is -1.19.